The zero-order chi connectivity index (χ0) is 16.6. The second-order valence-electron chi connectivity index (χ2n) is 4.96. The Balaban J connectivity index is 2.22. The van der Waals surface area contributed by atoms with Crippen LogP contribution in [0.15, 0.2) is 48.5 Å². The smallest absolute Gasteiger partial charge is 0.416 e. The molecule has 0 saturated carbocycles. The van der Waals surface area contributed by atoms with Crippen LogP contribution in [0.3, 0.4) is 0 Å². The van der Waals surface area contributed by atoms with Crippen molar-refractivity contribution < 1.29 is 24.5 Å². The molecule has 3 rings (SSSR count). The first-order valence-electron chi connectivity index (χ1n) is 6.78. The number of esters is 1. The molecule has 3 aromatic rings. The molecule has 0 fully saturated rings. The summed E-state index contributed by atoms with van der Waals surface area (Å²) in [4.78, 5) is 23.3. The molecule has 0 radical (unpaired) electrons. The number of benzene rings is 2. The highest BCUT2D eigenvalue weighted by molar-refractivity contribution is 6.02. The number of nitrogens with zero attached hydrogens (tertiary/aromatic N) is 1. The number of phenols is 1. The minimum Gasteiger partial charge on any atom is -0.508 e. The summed E-state index contributed by atoms with van der Waals surface area (Å²) in [5, 5.41) is 19.4. The number of hydrogen-bond donors (Lipinski definition) is 2. The number of carboxylic acid groups (broad SMARTS) is 1. The van der Waals surface area contributed by atoms with Gasteiger partial charge in [0.25, 0.3) is 0 Å². The highest BCUT2D eigenvalue weighted by atomic mass is 16.5. The Kier molecular flexibility index (Phi) is 3.50. The van der Waals surface area contributed by atoms with Crippen LogP contribution in [0, 0.1) is 0 Å². The molecule has 0 spiro atoms. The van der Waals surface area contributed by atoms with Crippen molar-refractivity contribution in [1.82, 2.24) is 4.57 Å². The van der Waals surface area contributed by atoms with Gasteiger partial charge >= 0.3 is 12.1 Å². The van der Waals surface area contributed by atoms with Gasteiger partial charge < -0.3 is 14.9 Å². The molecule has 0 aliphatic rings. The molecule has 6 nitrogen and oxygen atoms in total. The van der Waals surface area contributed by atoms with E-state index in [9.17, 15) is 19.8 Å². The number of fused-ring (bicyclic) bond motifs is 1. The summed E-state index contributed by atoms with van der Waals surface area (Å²) in [6, 6.07) is 13.3. The maximum Gasteiger partial charge on any atom is 0.416 e. The second kappa shape index (κ2) is 5.49. The van der Waals surface area contributed by atoms with E-state index in [1.165, 1.54) is 13.2 Å². The first kappa shape index (κ1) is 14.6. The number of methoxy groups -OCH3 is 1. The topological polar surface area (TPSA) is 88.8 Å². The Morgan fingerprint density at radius 1 is 1.00 bits per heavy atom. The third-order valence-electron chi connectivity index (χ3n) is 3.59. The molecular weight excluding hydrogens is 298 g/mol. The van der Waals surface area contributed by atoms with Crippen molar-refractivity contribution in [3.05, 3.63) is 54.2 Å². The average molecular weight is 311 g/mol. The van der Waals surface area contributed by atoms with Gasteiger partial charge in [0.2, 0.25) is 0 Å². The summed E-state index contributed by atoms with van der Waals surface area (Å²) in [6.07, 6.45) is -1.26. The molecule has 0 atom stereocenters. The van der Waals surface area contributed by atoms with Crippen molar-refractivity contribution >= 4 is 23.0 Å². The van der Waals surface area contributed by atoms with Crippen molar-refractivity contribution in [1.29, 1.82) is 0 Å². The largest absolute Gasteiger partial charge is 0.508 e. The van der Waals surface area contributed by atoms with Crippen LogP contribution < -0.4 is 0 Å². The fourth-order valence-corrected chi connectivity index (χ4v) is 2.50. The van der Waals surface area contributed by atoms with Gasteiger partial charge in [-0.2, -0.15) is 0 Å². The number of aromatic hydroxyl groups is 1. The van der Waals surface area contributed by atoms with E-state index < -0.39 is 12.1 Å². The molecule has 1 aromatic heterocycles. The number of rotatable bonds is 2. The SMILES string of the molecule is COC(=O)c1cc2ccc(-c3ccc(O)cc3)cc2n1C(=O)O. The van der Waals surface area contributed by atoms with Crippen molar-refractivity contribution in [2.24, 2.45) is 0 Å². The van der Waals surface area contributed by atoms with Gasteiger partial charge in [0.15, 0.2) is 0 Å². The number of carbonyl (C=O) groups excluding carboxylic acids is 1. The normalized spacial score (nSPS) is 10.7. The first-order chi connectivity index (χ1) is 11.0. The van der Waals surface area contributed by atoms with Crippen LogP contribution in [0.5, 0.6) is 5.75 Å². The van der Waals surface area contributed by atoms with Gasteiger partial charge in [-0.3, -0.25) is 0 Å². The van der Waals surface area contributed by atoms with Gasteiger partial charge in [-0.05, 0) is 35.4 Å². The van der Waals surface area contributed by atoms with Crippen LogP contribution >= 0.6 is 0 Å². The van der Waals surface area contributed by atoms with Gasteiger partial charge in [0, 0.05) is 5.39 Å². The highest BCUT2D eigenvalue weighted by Gasteiger charge is 2.20. The van der Waals surface area contributed by atoms with Gasteiger partial charge in [0.1, 0.15) is 11.4 Å². The quantitative estimate of drug-likeness (QED) is 0.709. The number of phenolic OH excluding ortho intramolecular Hbond substituents is 1. The van der Waals surface area contributed by atoms with E-state index in [0.29, 0.717) is 10.9 Å². The molecule has 2 aromatic carbocycles. The van der Waals surface area contributed by atoms with Crippen molar-refractivity contribution in [2.45, 2.75) is 0 Å². The predicted octanol–water partition coefficient (Wildman–Crippen LogP) is 3.33. The van der Waals surface area contributed by atoms with E-state index in [2.05, 4.69) is 4.74 Å². The Morgan fingerprint density at radius 3 is 2.26 bits per heavy atom. The number of aromatic nitrogens is 1. The van der Waals surface area contributed by atoms with Gasteiger partial charge in [0.05, 0.1) is 12.6 Å². The van der Waals surface area contributed by atoms with Crippen LogP contribution in [0.1, 0.15) is 10.5 Å². The molecule has 0 aliphatic heterocycles. The van der Waals surface area contributed by atoms with Gasteiger partial charge in [-0.15, -0.1) is 0 Å². The van der Waals surface area contributed by atoms with E-state index in [-0.39, 0.29) is 11.4 Å². The summed E-state index contributed by atoms with van der Waals surface area (Å²) < 4.78 is 5.54. The Hall–Kier alpha value is -3.28. The molecule has 6 heteroatoms. The van der Waals surface area contributed by atoms with Gasteiger partial charge in [-0.1, -0.05) is 24.3 Å². The molecule has 0 aliphatic carbocycles. The van der Waals surface area contributed by atoms with E-state index in [1.54, 1.807) is 36.4 Å². The highest BCUT2D eigenvalue weighted by Crippen LogP contribution is 2.28. The van der Waals surface area contributed by atoms with Crippen LogP contribution in [0.25, 0.3) is 22.0 Å². The minimum atomic E-state index is -1.26. The van der Waals surface area contributed by atoms with Crippen LogP contribution in [0.2, 0.25) is 0 Å². The van der Waals surface area contributed by atoms with Crippen molar-refractivity contribution in [3.63, 3.8) is 0 Å². The molecule has 2 N–H and O–H groups in total. The van der Waals surface area contributed by atoms with E-state index in [1.807, 2.05) is 6.07 Å². The predicted molar refractivity (Wildman–Crippen MR) is 83.8 cm³/mol. The van der Waals surface area contributed by atoms with Crippen LogP contribution in [-0.4, -0.2) is 34.0 Å². The Morgan fingerprint density at radius 2 is 1.65 bits per heavy atom. The molecule has 0 amide bonds. The fraction of sp³-hybridized carbons (Fsp3) is 0.0588. The Labute approximate surface area is 131 Å². The molecule has 23 heavy (non-hydrogen) atoms. The molecular formula is C17H13NO5. The second-order valence-corrected chi connectivity index (χ2v) is 4.96. The standard InChI is InChI=1S/C17H13NO5/c1-23-16(20)15-9-12-3-2-11(8-14(12)18(15)17(21)22)10-4-6-13(19)7-5-10/h2-9,19H,1H3,(H,21,22). The third kappa shape index (κ3) is 2.50. The molecule has 1 heterocycles. The molecule has 0 bridgehead atoms. The monoisotopic (exact) mass is 311 g/mol. The van der Waals surface area contributed by atoms with Crippen molar-refractivity contribution in [2.75, 3.05) is 7.11 Å². The summed E-state index contributed by atoms with van der Waals surface area (Å²) in [5.74, 6) is -0.563. The van der Waals surface area contributed by atoms with E-state index in [4.69, 9.17) is 0 Å². The third-order valence-corrected chi connectivity index (χ3v) is 3.59. The lowest BCUT2D eigenvalue weighted by atomic mass is 10.0. The number of carbonyl (C=O) groups is 2. The van der Waals surface area contributed by atoms with E-state index in [0.717, 1.165) is 15.7 Å². The molecule has 116 valence electrons. The van der Waals surface area contributed by atoms with Gasteiger partial charge in [-0.25, -0.2) is 14.2 Å². The summed E-state index contributed by atoms with van der Waals surface area (Å²) in [6.45, 7) is 0. The minimum absolute atomic E-state index is 0.0437. The summed E-state index contributed by atoms with van der Waals surface area (Å²) in [7, 11) is 1.20. The maximum absolute atomic E-state index is 11.8. The zero-order valence-corrected chi connectivity index (χ0v) is 12.2. The lowest BCUT2D eigenvalue weighted by Gasteiger charge is -2.05. The van der Waals surface area contributed by atoms with Crippen molar-refractivity contribution in [3.8, 4) is 16.9 Å². The molecule has 0 unspecified atom stereocenters. The lowest BCUT2D eigenvalue weighted by Crippen LogP contribution is -2.16. The summed E-state index contributed by atoms with van der Waals surface area (Å²) >= 11 is 0. The maximum atomic E-state index is 11.8. The number of ether oxygens (including phenoxy) is 1. The van der Waals surface area contributed by atoms with Crippen LogP contribution in [-0.2, 0) is 4.74 Å². The number of hydrogen-bond acceptors (Lipinski definition) is 4. The Bertz CT molecular complexity index is 909. The summed E-state index contributed by atoms with van der Waals surface area (Å²) in [5.41, 5.74) is 1.94. The average Bonchev–Trinajstić information content (AvgIpc) is 2.93. The zero-order valence-electron chi connectivity index (χ0n) is 12.2. The van der Waals surface area contributed by atoms with Crippen LogP contribution in [0.4, 0.5) is 4.79 Å². The fourth-order valence-electron chi connectivity index (χ4n) is 2.50. The molecule has 0 saturated heterocycles. The first-order valence-corrected chi connectivity index (χ1v) is 6.78. The van der Waals surface area contributed by atoms with E-state index >= 15 is 0 Å². The lowest BCUT2D eigenvalue weighted by molar-refractivity contribution is 0.0588.